The fourth-order valence-corrected chi connectivity index (χ4v) is 2.14. The average Bonchev–Trinajstić information content (AvgIpc) is 1.84. The summed E-state index contributed by atoms with van der Waals surface area (Å²) in [5.74, 6) is 1.11. The lowest BCUT2D eigenvalue weighted by atomic mass is 10.2. The van der Waals surface area contributed by atoms with E-state index in [2.05, 4.69) is 13.8 Å². The van der Waals surface area contributed by atoms with Crippen molar-refractivity contribution in [3.8, 4) is 0 Å². The van der Waals surface area contributed by atoms with Crippen molar-refractivity contribution in [3.63, 3.8) is 0 Å². The summed E-state index contributed by atoms with van der Waals surface area (Å²) in [6, 6.07) is 0.0528. The Hall–Kier alpha value is 0.110. The van der Waals surface area contributed by atoms with Crippen LogP contribution in [0, 0.1) is 5.92 Å². The summed E-state index contributed by atoms with van der Waals surface area (Å²) in [6.45, 7) is 8.08. The number of hydrogen-bond acceptors (Lipinski definition) is 2. The Balaban J connectivity index is 3.83. The minimum Gasteiger partial charge on any atom is -0.327 e. The summed E-state index contributed by atoms with van der Waals surface area (Å²) < 4.78 is 11.4. The Morgan fingerprint density at radius 1 is 1.27 bits per heavy atom. The van der Waals surface area contributed by atoms with E-state index >= 15 is 0 Å². The van der Waals surface area contributed by atoms with Crippen molar-refractivity contribution >= 4 is 10.8 Å². The lowest BCUT2D eigenvalue weighted by molar-refractivity contribution is 0.602. The van der Waals surface area contributed by atoms with Gasteiger partial charge in [0.2, 0.25) is 0 Å². The smallest absolute Gasteiger partial charge is 0.0386 e. The number of rotatable bonds is 4. The Labute approximate surface area is 72.0 Å². The third-order valence-corrected chi connectivity index (χ3v) is 4.01. The summed E-state index contributed by atoms with van der Waals surface area (Å²) >= 11 is 0. The van der Waals surface area contributed by atoms with Crippen molar-refractivity contribution in [1.29, 1.82) is 0 Å². The van der Waals surface area contributed by atoms with Crippen LogP contribution in [0.1, 0.15) is 27.7 Å². The monoisotopic (exact) mass is 177 g/mol. The van der Waals surface area contributed by atoms with Crippen molar-refractivity contribution in [1.82, 2.24) is 0 Å². The van der Waals surface area contributed by atoms with Gasteiger partial charge in [0.15, 0.2) is 0 Å². The van der Waals surface area contributed by atoms with Crippen LogP contribution in [0.25, 0.3) is 0 Å². The van der Waals surface area contributed by atoms with Gasteiger partial charge >= 0.3 is 0 Å². The SMILES string of the molecule is CC(N)CS(=O)C(C)C(C)C. The molecule has 0 aromatic carbocycles. The largest absolute Gasteiger partial charge is 0.327 e. The molecule has 0 aliphatic heterocycles. The fourth-order valence-electron chi connectivity index (χ4n) is 0.714. The molecule has 0 spiro atoms. The van der Waals surface area contributed by atoms with Crippen LogP contribution in [0.5, 0.6) is 0 Å². The molecule has 0 heterocycles. The number of hydrogen-bond donors (Lipinski definition) is 1. The van der Waals surface area contributed by atoms with E-state index in [0.29, 0.717) is 11.7 Å². The molecular weight excluding hydrogens is 158 g/mol. The summed E-state index contributed by atoms with van der Waals surface area (Å²) in [5, 5.41) is 0.265. The zero-order valence-electron chi connectivity index (χ0n) is 7.83. The van der Waals surface area contributed by atoms with E-state index in [9.17, 15) is 4.21 Å². The van der Waals surface area contributed by atoms with Crippen LogP contribution in [-0.4, -0.2) is 21.3 Å². The Morgan fingerprint density at radius 3 is 2.00 bits per heavy atom. The molecule has 0 saturated carbocycles. The summed E-state index contributed by atoms with van der Waals surface area (Å²) in [5.41, 5.74) is 5.54. The van der Waals surface area contributed by atoms with Gasteiger partial charge in [0.25, 0.3) is 0 Å². The predicted molar refractivity (Wildman–Crippen MR) is 51.0 cm³/mol. The highest BCUT2D eigenvalue weighted by atomic mass is 32.2. The van der Waals surface area contributed by atoms with Gasteiger partial charge in [-0.15, -0.1) is 0 Å². The second-order valence-electron chi connectivity index (χ2n) is 3.47. The van der Waals surface area contributed by atoms with Crippen LogP contribution in [0.4, 0.5) is 0 Å². The molecule has 0 aromatic heterocycles. The minimum atomic E-state index is -0.750. The van der Waals surface area contributed by atoms with E-state index in [1.165, 1.54) is 0 Å². The molecule has 2 nitrogen and oxygen atoms in total. The molecule has 0 rings (SSSR count). The molecule has 3 heteroatoms. The van der Waals surface area contributed by atoms with Crippen LogP contribution in [0.3, 0.4) is 0 Å². The third kappa shape index (κ3) is 4.53. The molecule has 0 fully saturated rings. The lowest BCUT2D eigenvalue weighted by Crippen LogP contribution is -2.29. The van der Waals surface area contributed by atoms with Gasteiger partial charge in [-0.3, -0.25) is 4.21 Å². The molecule has 0 aliphatic carbocycles. The summed E-state index contributed by atoms with van der Waals surface area (Å²) in [7, 11) is -0.750. The van der Waals surface area contributed by atoms with Gasteiger partial charge < -0.3 is 5.73 Å². The molecule has 11 heavy (non-hydrogen) atoms. The average molecular weight is 177 g/mol. The maximum atomic E-state index is 11.4. The van der Waals surface area contributed by atoms with Gasteiger partial charge in [0.05, 0.1) is 0 Å². The molecule has 2 N–H and O–H groups in total. The predicted octanol–water partition coefficient (Wildman–Crippen LogP) is 1.13. The van der Waals surface area contributed by atoms with Crippen molar-refractivity contribution in [2.45, 2.75) is 39.0 Å². The molecule has 0 saturated heterocycles. The zero-order chi connectivity index (χ0) is 9.02. The van der Waals surface area contributed by atoms with Crippen molar-refractivity contribution < 1.29 is 4.21 Å². The second-order valence-corrected chi connectivity index (χ2v) is 5.31. The standard InChI is InChI=1S/C8H19NOS/c1-6(2)8(4)11(10)5-7(3)9/h6-8H,5,9H2,1-4H3. The van der Waals surface area contributed by atoms with Crippen molar-refractivity contribution in [2.75, 3.05) is 5.75 Å². The maximum Gasteiger partial charge on any atom is 0.0386 e. The molecular formula is C8H19NOS. The topological polar surface area (TPSA) is 43.1 Å². The van der Waals surface area contributed by atoms with Crippen LogP contribution < -0.4 is 5.73 Å². The van der Waals surface area contributed by atoms with E-state index in [1.54, 1.807) is 0 Å². The van der Waals surface area contributed by atoms with Crippen LogP contribution in [0.15, 0.2) is 0 Å². The third-order valence-electron chi connectivity index (χ3n) is 1.78. The van der Waals surface area contributed by atoms with Gasteiger partial charge in [-0.2, -0.15) is 0 Å². The van der Waals surface area contributed by atoms with E-state index in [1.807, 2.05) is 13.8 Å². The van der Waals surface area contributed by atoms with Crippen LogP contribution >= 0.6 is 0 Å². The minimum absolute atomic E-state index is 0.0528. The van der Waals surface area contributed by atoms with E-state index in [0.717, 1.165) is 0 Å². The lowest BCUT2D eigenvalue weighted by Gasteiger charge is -2.16. The molecule has 0 aromatic rings. The van der Waals surface area contributed by atoms with Gasteiger partial charge in [0.1, 0.15) is 0 Å². The highest BCUT2D eigenvalue weighted by Gasteiger charge is 2.15. The first-order valence-corrected chi connectivity index (χ1v) is 5.46. The molecule has 0 aliphatic rings. The van der Waals surface area contributed by atoms with Crippen LogP contribution in [0.2, 0.25) is 0 Å². The van der Waals surface area contributed by atoms with Gasteiger partial charge in [-0.1, -0.05) is 20.8 Å². The first-order chi connectivity index (χ1) is 4.95. The fraction of sp³-hybridized carbons (Fsp3) is 1.00. The van der Waals surface area contributed by atoms with Gasteiger partial charge in [-0.05, 0) is 12.8 Å². The summed E-state index contributed by atoms with van der Waals surface area (Å²) in [4.78, 5) is 0. The highest BCUT2D eigenvalue weighted by molar-refractivity contribution is 7.85. The quantitative estimate of drug-likeness (QED) is 0.699. The molecule has 0 amide bonds. The van der Waals surface area contributed by atoms with E-state index in [4.69, 9.17) is 5.73 Å². The maximum absolute atomic E-state index is 11.4. The molecule has 3 unspecified atom stereocenters. The zero-order valence-corrected chi connectivity index (χ0v) is 8.65. The molecule has 0 bridgehead atoms. The Morgan fingerprint density at radius 2 is 1.73 bits per heavy atom. The Kier molecular flexibility index (Phi) is 4.93. The van der Waals surface area contributed by atoms with Crippen molar-refractivity contribution in [2.24, 2.45) is 11.7 Å². The highest BCUT2D eigenvalue weighted by Crippen LogP contribution is 2.08. The molecule has 68 valence electrons. The normalized spacial score (nSPS) is 19.8. The summed E-state index contributed by atoms with van der Waals surface area (Å²) in [6.07, 6.45) is 0. The first-order valence-electron chi connectivity index (χ1n) is 4.08. The van der Waals surface area contributed by atoms with Crippen LogP contribution in [-0.2, 0) is 10.8 Å². The Bertz CT molecular complexity index is 134. The first kappa shape index (κ1) is 11.1. The van der Waals surface area contributed by atoms with Crippen molar-refractivity contribution in [3.05, 3.63) is 0 Å². The molecule has 3 atom stereocenters. The number of nitrogens with two attached hydrogens (primary N) is 1. The molecule has 0 radical (unpaired) electrons. The van der Waals surface area contributed by atoms with Gasteiger partial charge in [-0.25, -0.2) is 0 Å². The second kappa shape index (κ2) is 4.88. The van der Waals surface area contributed by atoms with E-state index < -0.39 is 10.8 Å². The van der Waals surface area contributed by atoms with E-state index in [-0.39, 0.29) is 11.3 Å². The van der Waals surface area contributed by atoms with Gasteiger partial charge in [0, 0.05) is 27.8 Å².